The summed E-state index contributed by atoms with van der Waals surface area (Å²) in [6, 6.07) is 8.42. The first kappa shape index (κ1) is 12.7. The van der Waals surface area contributed by atoms with Crippen LogP contribution in [0.5, 0.6) is 5.75 Å². The Hall–Kier alpha value is -2.74. The molecule has 0 spiro atoms. The van der Waals surface area contributed by atoms with Gasteiger partial charge in [-0.2, -0.15) is 5.26 Å². The molecule has 19 heavy (non-hydrogen) atoms. The van der Waals surface area contributed by atoms with Gasteiger partial charge < -0.3 is 14.5 Å². The van der Waals surface area contributed by atoms with Gasteiger partial charge in [-0.1, -0.05) is 0 Å². The molecule has 5 nitrogen and oxygen atoms in total. The van der Waals surface area contributed by atoms with Gasteiger partial charge in [-0.15, -0.1) is 0 Å². The second-order valence-electron chi connectivity index (χ2n) is 3.87. The van der Waals surface area contributed by atoms with Crippen molar-refractivity contribution in [3.63, 3.8) is 0 Å². The lowest BCUT2D eigenvalue weighted by molar-refractivity contribution is 0.102. The van der Waals surface area contributed by atoms with E-state index in [1.165, 1.54) is 13.4 Å². The normalized spacial score (nSPS) is 9.74. The fraction of sp³-hybridized carbons (Fsp3) is 0.143. The lowest BCUT2D eigenvalue weighted by Crippen LogP contribution is -2.12. The van der Waals surface area contributed by atoms with Crippen LogP contribution in [0, 0.1) is 18.3 Å². The minimum atomic E-state index is -0.283. The van der Waals surface area contributed by atoms with Crippen LogP contribution in [-0.2, 0) is 0 Å². The summed E-state index contributed by atoms with van der Waals surface area (Å²) in [5.41, 5.74) is 1.44. The van der Waals surface area contributed by atoms with E-state index in [4.69, 9.17) is 14.4 Å². The van der Waals surface area contributed by atoms with Crippen molar-refractivity contribution < 1.29 is 13.9 Å². The number of carbonyl (C=O) groups excluding carboxylic acids is 1. The van der Waals surface area contributed by atoms with Crippen molar-refractivity contribution in [3.05, 3.63) is 47.4 Å². The SMILES string of the molecule is COc1cc(C#N)ccc1NC(=O)c1ccoc1C. The molecule has 0 unspecified atom stereocenters. The molecule has 0 aliphatic carbocycles. The van der Waals surface area contributed by atoms with Gasteiger partial charge in [-0.3, -0.25) is 4.79 Å². The van der Waals surface area contributed by atoms with Crippen LogP contribution in [0.25, 0.3) is 0 Å². The molecule has 1 aromatic heterocycles. The van der Waals surface area contributed by atoms with Gasteiger partial charge in [0, 0.05) is 6.07 Å². The van der Waals surface area contributed by atoms with E-state index in [2.05, 4.69) is 5.32 Å². The summed E-state index contributed by atoms with van der Waals surface area (Å²) >= 11 is 0. The molecule has 2 aromatic rings. The third kappa shape index (κ3) is 2.58. The highest BCUT2D eigenvalue weighted by atomic mass is 16.5. The second-order valence-corrected chi connectivity index (χ2v) is 3.87. The second kappa shape index (κ2) is 5.27. The molecule has 0 saturated carbocycles. The Morgan fingerprint density at radius 3 is 2.79 bits per heavy atom. The number of nitriles is 1. The summed E-state index contributed by atoms with van der Waals surface area (Å²) in [5, 5.41) is 11.5. The van der Waals surface area contributed by atoms with Gasteiger partial charge >= 0.3 is 0 Å². The molecule has 0 aliphatic heterocycles. The molecule has 2 rings (SSSR count). The van der Waals surface area contributed by atoms with Crippen LogP contribution in [0.1, 0.15) is 21.7 Å². The molecule has 0 bridgehead atoms. The monoisotopic (exact) mass is 256 g/mol. The Labute approximate surface area is 110 Å². The number of benzene rings is 1. The van der Waals surface area contributed by atoms with E-state index in [9.17, 15) is 4.79 Å². The van der Waals surface area contributed by atoms with Gasteiger partial charge in [-0.05, 0) is 25.1 Å². The molecule has 1 aromatic carbocycles. The summed E-state index contributed by atoms with van der Waals surface area (Å²) < 4.78 is 10.2. The van der Waals surface area contributed by atoms with E-state index in [0.29, 0.717) is 28.3 Å². The predicted octanol–water partition coefficient (Wildman–Crippen LogP) is 2.72. The molecular weight excluding hydrogens is 244 g/mol. The molecule has 1 N–H and O–H groups in total. The highest BCUT2D eigenvalue weighted by Crippen LogP contribution is 2.26. The molecule has 1 amide bonds. The summed E-state index contributed by atoms with van der Waals surface area (Å²) in [7, 11) is 1.48. The Bertz CT molecular complexity index is 653. The van der Waals surface area contributed by atoms with Gasteiger partial charge in [0.25, 0.3) is 5.91 Å². The van der Waals surface area contributed by atoms with Crippen molar-refractivity contribution in [3.8, 4) is 11.8 Å². The fourth-order valence-electron chi connectivity index (χ4n) is 1.67. The molecule has 5 heteroatoms. The van der Waals surface area contributed by atoms with E-state index in [-0.39, 0.29) is 5.91 Å². The molecule has 0 fully saturated rings. The number of furan rings is 1. The first-order chi connectivity index (χ1) is 9.15. The number of amides is 1. The van der Waals surface area contributed by atoms with Crippen molar-refractivity contribution in [2.45, 2.75) is 6.92 Å². The summed E-state index contributed by atoms with van der Waals surface area (Å²) in [6.45, 7) is 1.71. The molecule has 0 radical (unpaired) electrons. The number of ether oxygens (including phenoxy) is 1. The maximum absolute atomic E-state index is 12.0. The van der Waals surface area contributed by atoms with Gasteiger partial charge in [0.15, 0.2) is 0 Å². The number of anilines is 1. The first-order valence-corrected chi connectivity index (χ1v) is 5.59. The Morgan fingerprint density at radius 1 is 1.42 bits per heavy atom. The molecule has 1 heterocycles. The zero-order chi connectivity index (χ0) is 13.8. The van der Waals surface area contributed by atoms with Gasteiger partial charge in [0.2, 0.25) is 0 Å². The van der Waals surface area contributed by atoms with E-state index >= 15 is 0 Å². The van der Waals surface area contributed by atoms with Crippen molar-refractivity contribution >= 4 is 11.6 Å². The Morgan fingerprint density at radius 2 is 2.21 bits per heavy atom. The van der Waals surface area contributed by atoms with Crippen molar-refractivity contribution in [1.82, 2.24) is 0 Å². The smallest absolute Gasteiger partial charge is 0.259 e. The van der Waals surface area contributed by atoms with Gasteiger partial charge in [0.1, 0.15) is 11.5 Å². The molecule has 0 atom stereocenters. The van der Waals surface area contributed by atoms with Crippen molar-refractivity contribution in [2.75, 3.05) is 12.4 Å². The fourth-order valence-corrected chi connectivity index (χ4v) is 1.67. The minimum absolute atomic E-state index is 0.283. The predicted molar refractivity (Wildman–Crippen MR) is 69.1 cm³/mol. The lowest BCUT2D eigenvalue weighted by Gasteiger charge is -2.09. The van der Waals surface area contributed by atoms with Crippen molar-refractivity contribution in [1.29, 1.82) is 5.26 Å². The van der Waals surface area contributed by atoms with Crippen LogP contribution >= 0.6 is 0 Å². The number of methoxy groups -OCH3 is 1. The topological polar surface area (TPSA) is 75.3 Å². The number of hydrogen-bond donors (Lipinski definition) is 1. The van der Waals surface area contributed by atoms with Gasteiger partial charge in [0.05, 0.1) is 36.3 Å². The highest BCUT2D eigenvalue weighted by Gasteiger charge is 2.14. The molecule has 0 saturated heterocycles. The van der Waals surface area contributed by atoms with E-state index in [0.717, 1.165) is 0 Å². The van der Waals surface area contributed by atoms with Crippen LogP contribution in [0.2, 0.25) is 0 Å². The molecule has 96 valence electrons. The highest BCUT2D eigenvalue weighted by molar-refractivity contribution is 6.05. The van der Waals surface area contributed by atoms with E-state index in [1.807, 2.05) is 6.07 Å². The van der Waals surface area contributed by atoms with E-state index < -0.39 is 0 Å². The number of aryl methyl sites for hydroxylation is 1. The summed E-state index contributed by atoms with van der Waals surface area (Å²) in [6.07, 6.45) is 1.46. The van der Waals surface area contributed by atoms with Gasteiger partial charge in [-0.25, -0.2) is 0 Å². The first-order valence-electron chi connectivity index (χ1n) is 5.59. The van der Waals surface area contributed by atoms with Crippen LogP contribution < -0.4 is 10.1 Å². The number of carbonyl (C=O) groups is 1. The maximum Gasteiger partial charge on any atom is 0.259 e. The summed E-state index contributed by atoms with van der Waals surface area (Å²) in [4.78, 5) is 12.0. The summed E-state index contributed by atoms with van der Waals surface area (Å²) in [5.74, 6) is 0.702. The van der Waals surface area contributed by atoms with Crippen LogP contribution in [0.4, 0.5) is 5.69 Å². The minimum Gasteiger partial charge on any atom is -0.495 e. The third-order valence-corrected chi connectivity index (χ3v) is 2.68. The zero-order valence-corrected chi connectivity index (χ0v) is 10.6. The number of rotatable bonds is 3. The molecule has 0 aliphatic rings. The average Bonchev–Trinajstić information content (AvgIpc) is 2.85. The average molecular weight is 256 g/mol. The van der Waals surface area contributed by atoms with Crippen LogP contribution in [0.15, 0.2) is 34.9 Å². The largest absolute Gasteiger partial charge is 0.495 e. The quantitative estimate of drug-likeness (QED) is 0.916. The van der Waals surface area contributed by atoms with Crippen LogP contribution in [-0.4, -0.2) is 13.0 Å². The standard InChI is InChI=1S/C14H12N2O3/c1-9-11(5-6-19-9)14(17)16-12-4-3-10(8-15)7-13(12)18-2/h3-7H,1-2H3,(H,16,17). The third-order valence-electron chi connectivity index (χ3n) is 2.68. The zero-order valence-electron chi connectivity index (χ0n) is 10.6. The molecular formula is C14H12N2O3. The number of nitrogens with one attached hydrogen (secondary N) is 1. The number of hydrogen-bond acceptors (Lipinski definition) is 4. The Balaban J connectivity index is 2.27. The van der Waals surface area contributed by atoms with Crippen molar-refractivity contribution in [2.24, 2.45) is 0 Å². The maximum atomic E-state index is 12.0. The number of nitrogens with zero attached hydrogens (tertiary/aromatic N) is 1. The lowest BCUT2D eigenvalue weighted by atomic mass is 10.2. The van der Waals surface area contributed by atoms with Crippen LogP contribution in [0.3, 0.4) is 0 Å². The van der Waals surface area contributed by atoms with E-state index in [1.54, 1.807) is 31.2 Å². The Kier molecular flexibility index (Phi) is 3.53.